The molecule has 4 aromatic rings. The molecule has 1 fully saturated rings. The first kappa shape index (κ1) is 39.9. The van der Waals surface area contributed by atoms with E-state index in [0.29, 0.717) is 22.0 Å². The number of nitrogens with zero attached hydrogens (tertiary/aromatic N) is 4. The Balaban J connectivity index is 0.00000562. The Morgan fingerprint density at radius 1 is 1.02 bits per heavy atom. The van der Waals surface area contributed by atoms with Gasteiger partial charge in [0, 0.05) is 104 Å². The first-order valence-corrected chi connectivity index (χ1v) is 16.6. The molecule has 1 saturated heterocycles. The maximum absolute atomic E-state index is 14.0. The van der Waals surface area contributed by atoms with Gasteiger partial charge in [-0.15, -0.1) is 0 Å². The van der Waals surface area contributed by atoms with Crippen LogP contribution in [0.25, 0.3) is 27.8 Å². The number of ether oxygens (including phenoxy) is 1. The molecule has 3 aromatic carbocycles. The van der Waals surface area contributed by atoms with Crippen LogP contribution in [0.1, 0.15) is 28.8 Å². The minimum atomic E-state index is -4.51. The number of aryl methyl sites for hydroxylation is 1. The van der Waals surface area contributed by atoms with E-state index >= 15 is 0 Å². The Hall–Kier alpha value is -2.89. The fraction of sp³-hybridized carbons (Fsp3) is 0.361. The summed E-state index contributed by atoms with van der Waals surface area (Å²) in [7, 11) is 2.14. The van der Waals surface area contributed by atoms with Gasteiger partial charge in [-0.1, -0.05) is 54.1 Å². The molecule has 0 atom stereocenters. The van der Waals surface area contributed by atoms with Crippen LogP contribution in [-0.4, -0.2) is 79.7 Å². The summed E-state index contributed by atoms with van der Waals surface area (Å²) in [6.45, 7) is 5.79. The maximum Gasteiger partial charge on any atom is 0.422 e. The number of benzene rings is 3. The third-order valence-corrected chi connectivity index (χ3v) is 9.16. The molecule has 1 aromatic heterocycles. The van der Waals surface area contributed by atoms with Crippen LogP contribution in [-0.2, 0) is 12.8 Å². The zero-order chi connectivity index (χ0) is 35.0. The molecule has 5 rings (SSSR count). The van der Waals surface area contributed by atoms with Gasteiger partial charge < -0.3 is 41.3 Å². The van der Waals surface area contributed by atoms with Crippen LogP contribution in [0.5, 0.6) is 5.75 Å². The maximum atomic E-state index is 14.0. The molecule has 1 aliphatic rings. The molecular formula is C36H41ClF4N7OU-. The molecule has 0 spiro atoms. The molecule has 4 N–H and O–H groups in total. The molecule has 1 aliphatic heterocycles. The van der Waals surface area contributed by atoms with Crippen LogP contribution in [0.2, 0.25) is 5.02 Å². The molecule has 266 valence electrons. The van der Waals surface area contributed by atoms with E-state index in [1.54, 1.807) is 36.5 Å². The molecule has 2 heterocycles. The van der Waals surface area contributed by atoms with Crippen molar-refractivity contribution in [1.29, 1.82) is 0 Å². The van der Waals surface area contributed by atoms with Crippen LogP contribution in [0.4, 0.5) is 17.6 Å². The molecule has 14 heteroatoms. The van der Waals surface area contributed by atoms with Crippen LogP contribution in [0, 0.1) is 43.9 Å². The summed E-state index contributed by atoms with van der Waals surface area (Å²) in [5.41, 5.74) is 18.7. The third-order valence-electron chi connectivity index (χ3n) is 8.63. The fourth-order valence-electron chi connectivity index (χ4n) is 6.00. The summed E-state index contributed by atoms with van der Waals surface area (Å²) >= 11 is 7.07. The molecule has 0 unspecified atom stereocenters. The van der Waals surface area contributed by atoms with Gasteiger partial charge in [-0.3, -0.25) is 0 Å². The van der Waals surface area contributed by atoms with E-state index in [-0.39, 0.29) is 55.8 Å². The van der Waals surface area contributed by atoms with E-state index in [2.05, 4.69) is 37.9 Å². The summed E-state index contributed by atoms with van der Waals surface area (Å²) < 4.78 is 58.4. The Bertz CT molecular complexity index is 1720. The number of rotatable bonds is 14. The average Bonchev–Trinajstić information content (AvgIpc) is 3.51. The predicted octanol–water partition coefficient (Wildman–Crippen LogP) is 7.31. The number of likely N-dealkylation sites (N-methyl/N-ethyl adjacent to an activating group) is 1. The van der Waals surface area contributed by atoms with Crippen molar-refractivity contribution in [1.82, 2.24) is 20.2 Å². The first-order chi connectivity index (χ1) is 23.5. The van der Waals surface area contributed by atoms with Crippen LogP contribution >= 0.6 is 11.6 Å². The number of halogens is 5. The zero-order valence-electron chi connectivity index (χ0n) is 28.1. The van der Waals surface area contributed by atoms with Crippen LogP contribution in [0.15, 0.2) is 72.0 Å². The molecule has 0 bridgehead atoms. The molecule has 0 radical (unpaired) electrons. The van der Waals surface area contributed by atoms with Gasteiger partial charge in [0.1, 0.15) is 11.6 Å². The Morgan fingerprint density at radius 2 is 1.74 bits per heavy atom. The number of aromatic amines is 1. The summed E-state index contributed by atoms with van der Waals surface area (Å²) in [6, 6.07) is 16.7. The number of nitrogens with two attached hydrogens (primary N) is 1. The van der Waals surface area contributed by atoms with Gasteiger partial charge in [0.2, 0.25) is 0 Å². The molecule has 8 nitrogen and oxygen atoms in total. The summed E-state index contributed by atoms with van der Waals surface area (Å²) in [5, 5.41) is 5.10. The van der Waals surface area contributed by atoms with E-state index < -0.39 is 12.8 Å². The SMILES string of the molecule is Cc1c(-c2c(-c3ccc(F)cc3)c[nH]c2/C(Cc2ccccc2OCC(F)(F)F)=N/[N-]NCN)ccc(CCCN2CCN(C)CC2)c1Cl.[U]. The average molecular weight is 937 g/mol. The monoisotopic (exact) mass is 936 g/mol. The predicted molar refractivity (Wildman–Crippen MR) is 187 cm³/mol. The number of alkyl halides is 3. The normalized spacial score (nSPS) is 14.4. The van der Waals surface area contributed by atoms with Crippen molar-refractivity contribution in [3.05, 3.63) is 106 Å². The number of H-pyrrole nitrogens is 1. The van der Waals surface area contributed by atoms with Gasteiger partial charge in [-0.05, 0) is 73.8 Å². The second-order valence-corrected chi connectivity index (χ2v) is 12.5. The van der Waals surface area contributed by atoms with Crippen LogP contribution in [0.3, 0.4) is 0 Å². The van der Waals surface area contributed by atoms with Gasteiger partial charge in [-0.25, -0.2) is 4.39 Å². The number of aromatic nitrogens is 1. The topological polar surface area (TPSA) is 96.0 Å². The van der Waals surface area contributed by atoms with E-state index in [4.69, 9.17) is 22.1 Å². The quantitative estimate of drug-likeness (QED) is 0.0406. The van der Waals surface area contributed by atoms with Crippen molar-refractivity contribution in [2.24, 2.45) is 10.8 Å². The Kier molecular flexibility index (Phi) is 14.8. The Labute approximate surface area is 319 Å². The second-order valence-electron chi connectivity index (χ2n) is 12.1. The van der Waals surface area contributed by atoms with Crippen molar-refractivity contribution in [3.63, 3.8) is 0 Å². The van der Waals surface area contributed by atoms with Crippen molar-refractivity contribution in [3.8, 4) is 28.0 Å². The van der Waals surface area contributed by atoms with Crippen molar-refractivity contribution < 1.29 is 53.4 Å². The zero-order valence-corrected chi connectivity index (χ0v) is 33.0. The van der Waals surface area contributed by atoms with Crippen molar-refractivity contribution in [2.45, 2.75) is 32.4 Å². The third kappa shape index (κ3) is 10.6. The van der Waals surface area contributed by atoms with Crippen molar-refractivity contribution in [2.75, 3.05) is 53.0 Å². The number of para-hydroxylation sites is 1. The van der Waals surface area contributed by atoms with Gasteiger partial charge in [0.15, 0.2) is 6.61 Å². The standard InChI is InChI=1S/C36H41ClF4N7O.U/c1-24-29(14-11-26(34(24)37)7-5-15-48-18-16-47(2)17-19-48)33-30(25-9-12-28(38)13-10-25)21-43-35(33)31(45-46-44-23-42)20-27-6-3-4-8-32(27)49-22-36(39,40)41;/h3-4,6,8-14,21,43-44H,5,7,15-20,22-23,42H2,1-2H3;/q-1;/b45-31+;. The summed E-state index contributed by atoms with van der Waals surface area (Å²) in [6.07, 6.45) is -0.845. The van der Waals surface area contributed by atoms with E-state index in [0.717, 1.165) is 78.9 Å². The molecule has 0 aliphatic carbocycles. The van der Waals surface area contributed by atoms with E-state index in [1.807, 2.05) is 19.1 Å². The van der Waals surface area contributed by atoms with Gasteiger partial charge in [-0.2, -0.15) is 13.2 Å². The smallest absolute Gasteiger partial charge is 0.422 e. The first-order valence-electron chi connectivity index (χ1n) is 16.2. The molecule has 50 heavy (non-hydrogen) atoms. The summed E-state index contributed by atoms with van der Waals surface area (Å²) in [5.74, 6) is -0.295. The van der Waals surface area contributed by atoms with Gasteiger partial charge in [0.05, 0.1) is 5.69 Å². The Morgan fingerprint density at radius 3 is 2.44 bits per heavy atom. The fourth-order valence-corrected chi connectivity index (χ4v) is 6.26. The second kappa shape index (κ2) is 18.6. The summed E-state index contributed by atoms with van der Waals surface area (Å²) in [4.78, 5) is 8.15. The van der Waals surface area contributed by atoms with Gasteiger partial charge in [0.25, 0.3) is 0 Å². The minimum Gasteiger partial charge on any atom is -0.539 e. The molecule has 0 amide bonds. The largest absolute Gasteiger partial charge is 0.539 e. The number of nitrogens with one attached hydrogen (secondary N) is 2. The molecule has 0 saturated carbocycles. The van der Waals surface area contributed by atoms with Crippen molar-refractivity contribution >= 4 is 17.3 Å². The van der Waals surface area contributed by atoms with E-state index in [9.17, 15) is 17.6 Å². The van der Waals surface area contributed by atoms with Gasteiger partial charge >= 0.3 is 6.18 Å². The number of piperazine rings is 1. The molecular weight excluding hydrogens is 896 g/mol. The number of hydrogen-bond acceptors (Lipinski definition) is 6. The van der Waals surface area contributed by atoms with E-state index in [1.165, 1.54) is 18.2 Å². The number of hydrogen-bond donors (Lipinski definition) is 3. The minimum absolute atomic E-state index is 0. The van der Waals surface area contributed by atoms with Crippen LogP contribution < -0.4 is 15.9 Å².